The molecule has 18 heavy (non-hydrogen) atoms. The van der Waals surface area contributed by atoms with E-state index in [-0.39, 0.29) is 5.41 Å². The molecular formula is C14H20BrN3. The summed E-state index contributed by atoms with van der Waals surface area (Å²) in [6.45, 7) is 9.30. The fourth-order valence-electron chi connectivity index (χ4n) is 2.19. The number of pyridine rings is 1. The molecule has 2 aromatic rings. The van der Waals surface area contributed by atoms with E-state index in [1.54, 1.807) is 0 Å². The van der Waals surface area contributed by atoms with Crippen molar-refractivity contribution in [1.29, 1.82) is 0 Å². The predicted molar refractivity (Wildman–Crippen MR) is 79.1 cm³/mol. The first-order valence-electron chi connectivity index (χ1n) is 6.22. The van der Waals surface area contributed by atoms with Crippen molar-refractivity contribution in [2.45, 2.75) is 39.5 Å². The van der Waals surface area contributed by atoms with Crippen molar-refractivity contribution in [2.24, 2.45) is 5.73 Å². The summed E-state index contributed by atoms with van der Waals surface area (Å²) in [7, 11) is 0. The number of fused-ring (bicyclic) bond motifs is 1. The minimum atomic E-state index is 0.0386. The Morgan fingerprint density at radius 2 is 2.06 bits per heavy atom. The number of nitrogens with two attached hydrogens (primary N) is 1. The van der Waals surface area contributed by atoms with Crippen LogP contribution in [0.1, 0.15) is 37.7 Å². The summed E-state index contributed by atoms with van der Waals surface area (Å²) in [5.41, 5.74) is 10.3. The zero-order valence-corrected chi connectivity index (χ0v) is 13.0. The van der Waals surface area contributed by atoms with Crippen molar-refractivity contribution in [3.8, 4) is 0 Å². The summed E-state index contributed by atoms with van der Waals surface area (Å²) < 4.78 is 3.26. The van der Waals surface area contributed by atoms with Gasteiger partial charge >= 0.3 is 0 Å². The molecule has 2 heterocycles. The average molecular weight is 310 g/mol. The van der Waals surface area contributed by atoms with Gasteiger partial charge < -0.3 is 10.1 Å². The van der Waals surface area contributed by atoms with Crippen molar-refractivity contribution >= 4 is 21.6 Å². The van der Waals surface area contributed by atoms with Crippen LogP contribution in [0.25, 0.3) is 5.65 Å². The van der Waals surface area contributed by atoms with Crippen LogP contribution in [-0.2, 0) is 11.8 Å². The SMILES string of the molecule is Cc1cc2nc(C(C)(C)C)c(CCN)n2cc1Br. The maximum Gasteiger partial charge on any atom is 0.137 e. The molecule has 2 N–H and O–H groups in total. The minimum absolute atomic E-state index is 0.0386. The van der Waals surface area contributed by atoms with Gasteiger partial charge in [-0.1, -0.05) is 20.8 Å². The number of imidazole rings is 1. The van der Waals surface area contributed by atoms with Crippen molar-refractivity contribution in [3.05, 3.63) is 33.7 Å². The van der Waals surface area contributed by atoms with Crippen LogP contribution in [0.4, 0.5) is 0 Å². The Morgan fingerprint density at radius 3 is 2.61 bits per heavy atom. The molecular weight excluding hydrogens is 290 g/mol. The van der Waals surface area contributed by atoms with Crippen LogP contribution >= 0.6 is 15.9 Å². The van der Waals surface area contributed by atoms with Gasteiger partial charge in [-0.15, -0.1) is 0 Å². The molecule has 98 valence electrons. The van der Waals surface area contributed by atoms with Gasteiger partial charge in [-0.05, 0) is 41.0 Å². The molecule has 0 spiro atoms. The Hall–Kier alpha value is -0.870. The van der Waals surface area contributed by atoms with E-state index in [4.69, 9.17) is 10.7 Å². The van der Waals surface area contributed by atoms with Gasteiger partial charge in [0.1, 0.15) is 5.65 Å². The summed E-state index contributed by atoms with van der Waals surface area (Å²) in [5, 5.41) is 0. The highest BCUT2D eigenvalue weighted by atomic mass is 79.9. The average Bonchev–Trinajstić information content (AvgIpc) is 2.58. The molecule has 0 saturated carbocycles. The maximum absolute atomic E-state index is 5.74. The largest absolute Gasteiger partial charge is 0.330 e. The van der Waals surface area contributed by atoms with Crippen molar-refractivity contribution < 1.29 is 0 Å². The molecule has 0 saturated heterocycles. The Bertz CT molecular complexity index is 579. The Kier molecular flexibility index (Phi) is 3.52. The predicted octanol–water partition coefficient (Wildman–Crippen LogP) is 3.20. The molecule has 0 aliphatic carbocycles. The number of aryl methyl sites for hydroxylation is 1. The highest BCUT2D eigenvalue weighted by molar-refractivity contribution is 9.10. The minimum Gasteiger partial charge on any atom is -0.330 e. The van der Waals surface area contributed by atoms with E-state index >= 15 is 0 Å². The van der Waals surface area contributed by atoms with E-state index in [9.17, 15) is 0 Å². The van der Waals surface area contributed by atoms with Gasteiger partial charge in [-0.25, -0.2) is 4.98 Å². The van der Waals surface area contributed by atoms with Crippen LogP contribution in [0.3, 0.4) is 0 Å². The fourth-order valence-corrected chi connectivity index (χ4v) is 2.50. The summed E-state index contributed by atoms with van der Waals surface area (Å²) in [6.07, 6.45) is 2.95. The maximum atomic E-state index is 5.74. The lowest BCUT2D eigenvalue weighted by Gasteiger charge is -2.17. The second-order valence-corrected chi connectivity index (χ2v) is 6.58. The van der Waals surface area contributed by atoms with Crippen LogP contribution in [0.5, 0.6) is 0 Å². The summed E-state index contributed by atoms with van der Waals surface area (Å²) in [5.74, 6) is 0. The lowest BCUT2D eigenvalue weighted by molar-refractivity contribution is 0.563. The molecule has 0 radical (unpaired) electrons. The third-order valence-electron chi connectivity index (χ3n) is 3.09. The van der Waals surface area contributed by atoms with Gasteiger partial charge in [0.2, 0.25) is 0 Å². The molecule has 0 aliphatic rings. The number of aromatic nitrogens is 2. The van der Waals surface area contributed by atoms with Crippen LogP contribution < -0.4 is 5.73 Å². The monoisotopic (exact) mass is 309 g/mol. The Morgan fingerprint density at radius 1 is 1.39 bits per heavy atom. The number of nitrogens with zero attached hydrogens (tertiary/aromatic N) is 2. The lowest BCUT2D eigenvalue weighted by Crippen LogP contribution is -2.17. The molecule has 0 bridgehead atoms. The highest BCUT2D eigenvalue weighted by Gasteiger charge is 2.23. The van der Waals surface area contributed by atoms with Gasteiger partial charge in [-0.2, -0.15) is 0 Å². The molecule has 2 rings (SSSR count). The lowest BCUT2D eigenvalue weighted by atomic mass is 9.90. The van der Waals surface area contributed by atoms with Gasteiger partial charge in [-0.3, -0.25) is 0 Å². The highest BCUT2D eigenvalue weighted by Crippen LogP contribution is 2.28. The number of hydrogen-bond donors (Lipinski definition) is 1. The van der Waals surface area contributed by atoms with Gasteiger partial charge in [0, 0.05) is 28.2 Å². The van der Waals surface area contributed by atoms with Gasteiger partial charge in [0.25, 0.3) is 0 Å². The molecule has 3 nitrogen and oxygen atoms in total. The molecule has 0 amide bonds. The first-order valence-corrected chi connectivity index (χ1v) is 7.01. The van der Waals surface area contributed by atoms with E-state index in [2.05, 4.69) is 60.3 Å². The topological polar surface area (TPSA) is 43.3 Å². The molecule has 0 fully saturated rings. The molecule has 0 unspecified atom stereocenters. The number of rotatable bonds is 2. The van der Waals surface area contributed by atoms with Crippen LogP contribution in [0.2, 0.25) is 0 Å². The van der Waals surface area contributed by atoms with Crippen LogP contribution in [-0.4, -0.2) is 15.9 Å². The zero-order chi connectivity index (χ0) is 13.5. The van der Waals surface area contributed by atoms with Gasteiger partial charge in [0.15, 0.2) is 0 Å². The third-order valence-corrected chi connectivity index (χ3v) is 3.92. The second-order valence-electron chi connectivity index (χ2n) is 5.73. The van der Waals surface area contributed by atoms with E-state index in [0.29, 0.717) is 6.54 Å². The van der Waals surface area contributed by atoms with Crippen LogP contribution in [0, 0.1) is 6.92 Å². The second kappa shape index (κ2) is 4.67. The molecule has 0 aliphatic heterocycles. The first-order chi connectivity index (χ1) is 8.34. The van der Waals surface area contributed by atoms with Crippen molar-refractivity contribution in [3.63, 3.8) is 0 Å². The van der Waals surface area contributed by atoms with Crippen molar-refractivity contribution in [1.82, 2.24) is 9.38 Å². The summed E-state index contributed by atoms with van der Waals surface area (Å²) in [4.78, 5) is 4.79. The quantitative estimate of drug-likeness (QED) is 0.925. The van der Waals surface area contributed by atoms with E-state index in [0.717, 1.165) is 22.2 Å². The first kappa shape index (κ1) is 13.6. The van der Waals surface area contributed by atoms with Crippen LogP contribution in [0.15, 0.2) is 16.7 Å². The zero-order valence-electron chi connectivity index (χ0n) is 11.4. The smallest absolute Gasteiger partial charge is 0.137 e. The Balaban J connectivity index is 2.75. The van der Waals surface area contributed by atoms with E-state index in [1.807, 2.05) is 0 Å². The third kappa shape index (κ3) is 2.31. The normalized spacial score (nSPS) is 12.3. The molecule has 2 aromatic heterocycles. The van der Waals surface area contributed by atoms with Crippen molar-refractivity contribution in [2.75, 3.05) is 6.54 Å². The van der Waals surface area contributed by atoms with Gasteiger partial charge in [0.05, 0.1) is 5.69 Å². The van der Waals surface area contributed by atoms with E-state index in [1.165, 1.54) is 11.3 Å². The molecule has 0 atom stereocenters. The standard InChI is InChI=1S/C14H20BrN3/c1-9-7-12-17-13(14(2,3)4)11(5-6-16)18(12)8-10(9)15/h7-8H,5-6,16H2,1-4H3. The Labute approximate surface area is 117 Å². The fraction of sp³-hybridized carbons (Fsp3) is 0.500. The molecule has 4 heteroatoms. The summed E-state index contributed by atoms with van der Waals surface area (Å²) in [6, 6.07) is 2.11. The number of halogens is 1. The molecule has 0 aromatic carbocycles. The van der Waals surface area contributed by atoms with E-state index < -0.39 is 0 Å². The summed E-state index contributed by atoms with van der Waals surface area (Å²) >= 11 is 3.58. The number of hydrogen-bond acceptors (Lipinski definition) is 2.